The van der Waals surface area contributed by atoms with E-state index in [1.54, 1.807) is 6.07 Å². The van der Waals surface area contributed by atoms with Crippen molar-refractivity contribution in [2.24, 2.45) is 0 Å². The highest BCUT2D eigenvalue weighted by Gasteiger charge is 2.24. The van der Waals surface area contributed by atoms with Crippen LogP contribution in [0.3, 0.4) is 0 Å². The van der Waals surface area contributed by atoms with Crippen LogP contribution in [0, 0.1) is 19.7 Å². The molecule has 1 heterocycles. The third-order valence-corrected chi connectivity index (χ3v) is 4.85. The molecule has 0 aliphatic carbocycles. The highest BCUT2D eigenvalue weighted by Crippen LogP contribution is 2.24. The Hall–Kier alpha value is -2.40. The number of aryl methyl sites for hydroxylation is 2. The maximum Gasteiger partial charge on any atom is 0.251 e. The molecule has 2 aromatic carbocycles. The van der Waals surface area contributed by atoms with Crippen molar-refractivity contribution in [1.29, 1.82) is 0 Å². The lowest BCUT2D eigenvalue weighted by Crippen LogP contribution is -2.45. The number of halogens is 1. The Balaban J connectivity index is 1.66. The van der Waals surface area contributed by atoms with Gasteiger partial charge in [0.1, 0.15) is 5.82 Å². The van der Waals surface area contributed by atoms with Crippen LogP contribution in [-0.4, -0.2) is 31.2 Å². The van der Waals surface area contributed by atoms with Crippen molar-refractivity contribution >= 4 is 11.6 Å². The van der Waals surface area contributed by atoms with Gasteiger partial charge in [0.15, 0.2) is 0 Å². The molecule has 1 amide bonds. The van der Waals surface area contributed by atoms with Crippen LogP contribution in [0.15, 0.2) is 36.4 Å². The number of morpholine rings is 1. The monoisotopic (exact) mass is 370 g/mol. The summed E-state index contributed by atoms with van der Waals surface area (Å²) < 4.78 is 20.4. The Morgan fingerprint density at radius 2 is 1.85 bits per heavy atom. The van der Waals surface area contributed by atoms with Crippen LogP contribution in [0.2, 0.25) is 0 Å². The number of hydrogen-bond acceptors (Lipinski definition) is 3. The second-order valence-electron chi connectivity index (χ2n) is 7.45. The van der Waals surface area contributed by atoms with Gasteiger partial charge in [-0.1, -0.05) is 23.8 Å². The molecular weight excluding hydrogens is 343 g/mol. The molecule has 0 spiro atoms. The number of amides is 1. The fourth-order valence-electron chi connectivity index (χ4n) is 3.64. The predicted octanol–water partition coefficient (Wildman–Crippen LogP) is 3.99. The van der Waals surface area contributed by atoms with Gasteiger partial charge in [0.25, 0.3) is 5.91 Å². The van der Waals surface area contributed by atoms with E-state index in [0.717, 1.165) is 16.7 Å². The summed E-state index contributed by atoms with van der Waals surface area (Å²) in [7, 11) is 0. The molecule has 2 aromatic rings. The van der Waals surface area contributed by atoms with E-state index in [4.69, 9.17) is 4.74 Å². The van der Waals surface area contributed by atoms with Gasteiger partial charge in [-0.2, -0.15) is 0 Å². The Bertz CT molecular complexity index is 827. The predicted molar refractivity (Wildman–Crippen MR) is 106 cm³/mol. The van der Waals surface area contributed by atoms with Crippen LogP contribution in [0.25, 0.3) is 0 Å². The highest BCUT2D eigenvalue weighted by molar-refractivity contribution is 5.95. The standard InChI is InChI=1S/C22H27FN2O2/c1-14-5-7-19(15(2)9-14)22(26)24-11-18-6-8-21(20(23)10-18)25-12-16(3)27-17(4)13-25/h5-10,16-17H,11-13H2,1-4H3,(H,24,26). The van der Waals surface area contributed by atoms with Crippen molar-refractivity contribution in [3.8, 4) is 0 Å². The van der Waals surface area contributed by atoms with Gasteiger partial charge in [-0.15, -0.1) is 0 Å². The van der Waals surface area contributed by atoms with Gasteiger partial charge in [-0.25, -0.2) is 4.39 Å². The number of carbonyl (C=O) groups excluding carboxylic acids is 1. The summed E-state index contributed by atoms with van der Waals surface area (Å²) in [5.74, 6) is -0.414. The summed E-state index contributed by atoms with van der Waals surface area (Å²) in [5.41, 5.74) is 4.03. The minimum Gasteiger partial charge on any atom is -0.372 e. The molecule has 2 atom stereocenters. The average Bonchev–Trinajstić information content (AvgIpc) is 2.59. The lowest BCUT2D eigenvalue weighted by atomic mass is 10.1. The van der Waals surface area contributed by atoms with Crippen molar-refractivity contribution in [3.05, 3.63) is 64.5 Å². The Kier molecular flexibility index (Phi) is 5.80. The van der Waals surface area contributed by atoms with Crippen LogP contribution < -0.4 is 10.2 Å². The summed E-state index contributed by atoms with van der Waals surface area (Å²) in [6.07, 6.45) is 0.148. The molecule has 2 unspecified atom stereocenters. The first-order valence-corrected chi connectivity index (χ1v) is 9.37. The van der Waals surface area contributed by atoms with Gasteiger partial charge in [0.05, 0.1) is 17.9 Å². The number of hydrogen-bond donors (Lipinski definition) is 1. The smallest absolute Gasteiger partial charge is 0.251 e. The highest BCUT2D eigenvalue weighted by atomic mass is 19.1. The average molecular weight is 370 g/mol. The number of benzene rings is 2. The topological polar surface area (TPSA) is 41.6 Å². The molecule has 1 N–H and O–H groups in total. The second-order valence-corrected chi connectivity index (χ2v) is 7.45. The number of rotatable bonds is 4. The van der Waals surface area contributed by atoms with Crippen molar-refractivity contribution in [1.82, 2.24) is 5.32 Å². The molecule has 0 bridgehead atoms. The maximum atomic E-state index is 14.6. The van der Waals surface area contributed by atoms with Gasteiger partial charge >= 0.3 is 0 Å². The molecule has 27 heavy (non-hydrogen) atoms. The number of carbonyl (C=O) groups is 1. The SMILES string of the molecule is Cc1ccc(C(=O)NCc2ccc(N3CC(C)OC(C)C3)c(F)c2)c(C)c1. The number of ether oxygens (including phenoxy) is 1. The molecule has 4 nitrogen and oxygen atoms in total. The second kappa shape index (κ2) is 8.09. The zero-order chi connectivity index (χ0) is 19.6. The van der Waals surface area contributed by atoms with E-state index in [2.05, 4.69) is 5.32 Å². The minimum absolute atomic E-state index is 0.0739. The first-order valence-electron chi connectivity index (χ1n) is 9.37. The van der Waals surface area contributed by atoms with Crippen molar-refractivity contribution in [3.63, 3.8) is 0 Å². The van der Waals surface area contributed by atoms with Crippen molar-refractivity contribution < 1.29 is 13.9 Å². The maximum absolute atomic E-state index is 14.6. The zero-order valence-corrected chi connectivity index (χ0v) is 16.4. The summed E-state index contributed by atoms with van der Waals surface area (Å²) in [5, 5.41) is 2.88. The van der Waals surface area contributed by atoms with E-state index < -0.39 is 0 Å². The number of nitrogens with zero attached hydrogens (tertiary/aromatic N) is 1. The number of nitrogens with one attached hydrogen (secondary N) is 1. The molecule has 1 fully saturated rings. The van der Waals surface area contributed by atoms with E-state index in [1.165, 1.54) is 6.07 Å². The normalized spacial score (nSPS) is 19.8. The van der Waals surface area contributed by atoms with E-state index in [-0.39, 0.29) is 23.9 Å². The largest absolute Gasteiger partial charge is 0.372 e. The lowest BCUT2D eigenvalue weighted by molar-refractivity contribution is -0.00539. The van der Waals surface area contributed by atoms with Crippen molar-refractivity contribution in [2.75, 3.05) is 18.0 Å². The Morgan fingerprint density at radius 3 is 2.48 bits per heavy atom. The molecule has 3 rings (SSSR count). The first-order chi connectivity index (χ1) is 12.8. The Labute approximate surface area is 160 Å². The molecular formula is C22H27FN2O2. The van der Waals surface area contributed by atoms with Gasteiger partial charge < -0.3 is 15.0 Å². The molecule has 0 radical (unpaired) electrons. The van der Waals surface area contributed by atoms with Gasteiger partial charge in [0, 0.05) is 25.2 Å². The zero-order valence-electron chi connectivity index (χ0n) is 16.4. The molecule has 1 aliphatic heterocycles. The van der Waals surface area contributed by atoms with E-state index in [1.807, 2.05) is 56.9 Å². The fraction of sp³-hybridized carbons (Fsp3) is 0.409. The summed E-state index contributed by atoms with van der Waals surface area (Å²) >= 11 is 0. The van der Waals surface area contributed by atoms with E-state index >= 15 is 0 Å². The quantitative estimate of drug-likeness (QED) is 0.885. The molecule has 1 aliphatic rings. The first kappa shape index (κ1) is 19.4. The fourth-order valence-corrected chi connectivity index (χ4v) is 3.64. The molecule has 1 saturated heterocycles. The van der Waals surface area contributed by atoms with Gasteiger partial charge in [0.2, 0.25) is 0 Å². The molecule has 144 valence electrons. The van der Waals surface area contributed by atoms with Crippen LogP contribution in [0.4, 0.5) is 10.1 Å². The van der Waals surface area contributed by atoms with Crippen LogP contribution in [0.1, 0.15) is 40.9 Å². The van der Waals surface area contributed by atoms with Crippen LogP contribution in [0.5, 0.6) is 0 Å². The van der Waals surface area contributed by atoms with E-state index in [0.29, 0.717) is 30.9 Å². The summed E-state index contributed by atoms with van der Waals surface area (Å²) in [6, 6.07) is 10.9. The van der Waals surface area contributed by atoms with Crippen molar-refractivity contribution in [2.45, 2.75) is 46.4 Å². The lowest BCUT2D eigenvalue weighted by Gasteiger charge is -2.37. The molecule has 0 saturated carbocycles. The summed E-state index contributed by atoms with van der Waals surface area (Å²) in [6.45, 7) is 9.54. The third-order valence-electron chi connectivity index (χ3n) is 4.85. The Morgan fingerprint density at radius 1 is 1.15 bits per heavy atom. The summed E-state index contributed by atoms with van der Waals surface area (Å²) in [4.78, 5) is 14.4. The molecule has 0 aromatic heterocycles. The van der Waals surface area contributed by atoms with Crippen LogP contribution in [-0.2, 0) is 11.3 Å². The van der Waals surface area contributed by atoms with Gasteiger partial charge in [-0.05, 0) is 57.0 Å². The van der Waals surface area contributed by atoms with E-state index in [9.17, 15) is 9.18 Å². The third kappa shape index (κ3) is 4.66. The minimum atomic E-state index is -0.269. The van der Waals surface area contributed by atoms with Gasteiger partial charge in [-0.3, -0.25) is 4.79 Å². The molecule has 5 heteroatoms. The van der Waals surface area contributed by atoms with Crippen LogP contribution >= 0.6 is 0 Å². The number of anilines is 1.